The number of amides is 3. The SMILES string of the molecule is CS[C@H](C)CNC(=O)NC1CCN(C(=O)c2ccc(C)cc2)CC1. The normalized spacial score (nSPS) is 16.5. The topological polar surface area (TPSA) is 61.4 Å². The molecule has 1 aromatic rings. The maximum absolute atomic E-state index is 12.5. The summed E-state index contributed by atoms with van der Waals surface area (Å²) in [6.07, 6.45) is 3.62. The molecule has 1 aliphatic heterocycles. The van der Waals surface area contributed by atoms with Crippen LogP contribution in [-0.2, 0) is 0 Å². The number of aryl methyl sites for hydroxylation is 1. The number of nitrogens with zero attached hydrogens (tertiary/aromatic N) is 1. The van der Waals surface area contributed by atoms with E-state index in [0.717, 1.165) is 24.0 Å². The van der Waals surface area contributed by atoms with Gasteiger partial charge in [0.2, 0.25) is 0 Å². The molecule has 24 heavy (non-hydrogen) atoms. The van der Waals surface area contributed by atoms with Crippen LogP contribution < -0.4 is 10.6 Å². The maximum Gasteiger partial charge on any atom is 0.315 e. The van der Waals surface area contributed by atoms with Crippen molar-refractivity contribution in [1.82, 2.24) is 15.5 Å². The zero-order valence-corrected chi connectivity index (χ0v) is 15.5. The fourth-order valence-corrected chi connectivity index (χ4v) is 2.91. The summed E-state index contributed by atoms with van der Waals surface area (Å²) in [4.78, 5) is 26.2. The third-order valence-electron chi connectivity index (χ3n) is 4.37. The van der Waals surface area contributed by atoms with Gasteiger partial charge in [-0.1, -0.05) is 24.6 Å². The summed E-state index contributed by atoms with van der Waals surface area (Å²) in [5, 5.41) is 6.31. The van der Waals surface area contributed by atoms with Crippen LogP contribution in [0.4, 0.5) is 4.79 Å². The number of nitrogens with one attached hydrogen (secondary N) is 2. The second-order valence-electron chi connectivity index (χ2n) is 6.33. The summed E-state index contributed by atoms with van der Waals surface area (Å²) in [5.74, 6) is 0.0756. The van der Waals surface area contributed by atoms with E-state index >= 15 is 0 Å². The van der Waals surface area contributed by atoms with Gasteiger partial charge in [0.15, 0.2) is 0 Å². The van der Waals surface area contributed by atoms with E-state index < -0.39 is 0 Å². The van der Waals surface area contributed by atoms with E-state index in [2.05, 4.69) is 17.6 Å². The predicted octanol–water partition coefficient (Wildman–Crippen LogP) is 2.65. The van der Waals surface area contributed by atoms with E-state index in [1.165, 1.54) is 0 Å². The highest BCUT2D eigenvalue weighted by molar-refractivity contribution is 7.99. The van der Waals surface area contributed by atoms with E-state index in [1.54, 1.807) is 11.8 Å². The second kappa shape index (κ2) is 8.97. The molecule has 1 fully saturated rings. The molecule has 0 aliphatic carbocycles. The molecule has 6 heteroatoms. The first kappa shape index (κ1) is 18.6. The number of rotatable bonds is 5. The Morgan fingerprint density at radius 3 is 2.46 bits per heavy atom. The van der Waals surface area contributed by atoms with Gasteiger partial charge in [-0.2, -0.15) is 11.8 Å². The first-order valence-electron chi connectivity index (χ1n) is 8.42. The molecule has 2 rings (SSSR count). The van der Waals surface area contributed by atoms with Gasteiger partial charge in [-0.15, -0.1) is 0 Å². The third-order valence-corrected chi connectivity index (χ3v) is 5.34. The molecule has 0 radical (unpaired) electrons. The second-order valence-corrected chi connectivity index (χ2v) is 7.61. The molecule has 2 N–H and O–H groups in total. The lowest BCUT2D eigenvalue weighted by Gasteiger charge is -2.32. The van der Waals surface area contributed by atoms with Crippen molar-refractivity contribution in [2.24, 2.45) is 0 Å². The summed E-state index contributed by atoms with van der Waals surface area (Å²) in [7, 11) is 0. The molecule has 1 heterocycles. The largest absolute Gasteiger partial charge is 0.338 e. The molecule has 1 saturated heterocycles. The number of carbonyl (C=O) groups excluding carboxylic acids is 2. The minimum absolute atomic E-state index is 0.0756. The predicted molar refractivity (Wildman–Crippen MR) is 99.6 cm³/mol. The molecule has 0 unspecified atom stereocenters. The smallest absolute Gasteiger partial charge is 0.315 e. The van der Waals surface area contributed by atoms with E-state index in [0.29, 0.717) is 24.9 Å². The Morgan fingerprint density at radius 2 is 1.88 bits per heavy atom. The average molecular weight is 350 g/mol. The minimum atomic E-state index is -0.112. The lowest BCUT2D eigenvalue weighted by atomic mass is 10.0. The molecule has 1 aliphatic rings. The fraction of sp³-hybridized carbons (Fsp3) is 0.556. The van der Waals surface area contributed by atoms with Crippen molar-refractivity contribution in [3.8, 4) is 0 Å². The van der Waals surface area contributed by atoms with Crippen molar-refractivity contribution in [3.63, 3.8) is 0 Å². The monoisotopic (exact) mass is 349 g/mol. The van der Waals surface area contributed by atoms with Gasteiger partial charge in [-0.3, -0.25) is 4.79 Å². The van der Waals surface area contributed by atoms with Crippen LogP contribution in [0.25, 0.3) is 0 Å². The van der Waals surface area contributed by atoms with Crippen molar-refractivity contribution in [2.75, 3.05) is 25.9 Å². The molecule has 0 bridgehead atoms. The summed E-state index contributed by atoms with van der Waals surface area (Å²) in [6.45, 7) is 6.12. The van der Waals surface area contributed by atoms with Crippen LogP contribution in [0.5, 0.6) is 0 Å². The van der Waals surface area contributed by atoms with Crippen LogP contribution in [0.15, 0.2) is 24.3 Å². The molecule has 0 aromatic heterocycles. The first-order chi connectivity index (χ1) is 11.5. The minimum Gasteiger partial charge on any atom is -0.338 e. The molecule has 0 spiro atoms. The lowest BCUT2D eigenvalue weighted by Crippen LogP contribution is -2.49. The van der Waals surface area contributed by atoms with E-state index in [-0.39, 0.29) is 18.0 Å². The van der Waals surface area contributed by atoms with Crippen molar-refractivity contribution in [3.05, 3.63) is 35.4 Å². The zero-order valence-electron chi connectivity index (χ0n) is 14.7. The number of likely N-dealkylation sites (tertiary alicyclic amines) is 1. The highest BCUT2D eigenvalue weighted by atomic mass is 32.2. The Balaban J connectivity index is 1.75. The Morgan fingerprint density at radius 1 is 1.25 bits per heavy atom. The lowest BCUT2D eigenvalue weighted by molar-refractivity contribution is 0.0708. The number of hydrogen-bond acceptors (Lipinski definition) is 3. The Kier molecular flexibility index (Phi) is 6.97. The Hall–Kier alpha value is -1.69. The van der Waals surface area contributed by atoms with E-state index in [1.807, 2.05) is 42.3 Å². The van der Waals surface area contributed by atoms with E-state index in [4.69, 9.17) is 0 Å². The first-order valence-corrected chi connectivity index (χ1v) is 9.71. The van der Waals surface area contributed by atoms with Gasteiger partial charge < -0.3 is 15.5 Å². The summed E-state index contributed by atoms with van der Waals surface area (Å²) in [5.41, 5.74) is 1.88. The molecule has 1 aromatic carbocycles. The van der Waals surface area contributed by atoms with Gasteiger partial charge in [-0.25, -0.2) is 4.79 Å². The summed E-state index contributed by atoms with van der Waals surface area (Å²) < 4.78 is 0. The Labute approximate surface area is 148 Å². The van der Waals surface area contributed by atoms with Gasteiger partial charge in [0.25, 0.3) is 5.91 Å². The summed E-state index contributed by atoms with van der Waals surface area (Å²) >= 11 is 1.73. The van der Waals surface area contributed by atoms with E-state index in [9.17, 15) is 9.59 Å². The summed E-state index contributed by atoms with van der Waals surface area (Å²) in [6, 6.07) is 7.70. The van der Waals surface area contributed by atoms with Crippen molar-refractivity contribution >= 4 is 23.7 Å². The maximum atomic E-state index is 12.5. The number of carbonyl (C=O) groups is 2. The number of urea groups is 1. The highest BCUT2D eigenvalue weighted by Crippen LogP contribution is 2.14. The van der Waals surface area contributed by atoms with Gasteiger partial charge >= 0.3 is 6.03 Å². The molecule has 132 valence electrons. The molecule has 0 saturated carbocycles. The molecular weight excluding hydrogens is 322 g/mol. The van der Waals surface area contributed by atoms with Crippen LogP contribution >= 0.6 is 11.8 Å². The van der Waals surface area contributed by atoms with Crippen LogP contribution in [-0.4, -0.2) is 54.0 Å². The quantitative estimate of drug-likeness (QED) is 0.859. The molecule has 3 amide bonds. The van der Waals surface area contributed by atoms with Crippen LogP contribution in [0.3, 0.4) is 0 Å². The third kappa shape index (κ3) is 5.44. The van der Waals surface area contributed by atoms with Crippen molar-refractivity contribution in [2.45, 2.75) is 38.0 Å². The fourth-order valence-electron chi connectivity index (χ4n) is 2.66. The molecular formula is C18H27N3O2S. The van der Waals surface area contributed by atoms with Gasteiger partial charge in [0.1, 0.15) is 0 Å². The van der Waals surface area contributed by atoms with Crippen LogP contribution in [0.1, 0.15) is 35.7 Å². The number of piperidine rings is 1. The van der Waals surface area contributed by atoms with Gasteiger partial charge in [0.05, 0.1) is 0 Å². The van der Waals surface area contributed by atoms with Crippen molar-refractivity contribution < 1.29 is 9.59 Å². The molecule has 5 nitrogen and oxygen atoms in total. The zero-order chi connectivity index (χ0) is 17.5. The van der Waals surface area contributed by atoms with Crippen LogP contribution in [0, 0.1) is 6.92 Å². The standard InChI is InChI=1S/C18H27N3O2S/c1-13-4-6-15(7-5-13)17(22)21-10-8-16(9-11-21)20-18(23)19-12-14(2)24-3/h4-7,14,16H,8-12H2,1-3H3,(H2,19,20,23)/t14-/m1/s1. The number of hydrogen-bond donors (Lipinski definition) is 2. The highest BCUT2D eigenvalue weighted by Gasteiger charge is 2.24. The van der Waals surface area contributed by atoms with Gasteiger partial charge in [0, 0.05) is 36.5 Å². The average Bonchev–Trinajstić information content (AvgIpc) is 2.60. The Bertz CT molecular complexity index is 554. The van der Waals surface area contributed by atoms with Gasteiger partial charge in [-0.05, 0) is 38.2 Å². The van der Waals surface area contributed by atoms with Crippen LogP contribution in [0.2, 0.25) is 0 Å². The van der Waals surface area contributed by atoms with Crippen molar-refractivity contribution in [1.29, 1.82) is 0 Å². The number of thioether (sulfide) groups is 1. The number of benzene rings is 1. The molecule has 1 atom stereocenters.